The molecule has 87 heavy (non-hydrogen) atoms. The van der Waals surface area contributed by atoms with Gasteiger partial charge in [-0.15, -0.1) is 12.8 Å². The molecule has 3 aliphatic rings. The number of phenols is 1. The van der Waals surface area contributed by atoms with E-state index in [0.717, 1.165) is 107 Å². The van der Waals surface area contributed by atoms with Crippen molar-refractivity contribution in [2.75, 3.05) is 79.0 Å². The van der Waals surface area contributed by atoms with E-state index in [2.05, 4.69) is 102 Å². The third-order valence-electron chi connectivity index (χ3n) is 14.1. The lowest BCUT2D eigenvalue weighted by Gasteiger charge is -2.34. The van der Waals surface area contributed by atoms with E-state index in [0.29, 0.717) is 67.2 Å². The molecule has 3 fully saturated rings. The maximum Gasteiger partial charge on any atom is 0.410 e. The van der Waals surface area contributed by atoms with Crippen molar-refractivity contribution < 1.29 is 33.6 Å². The highest BCUT2D eigenvalue weighted by molar-refractivity contribution is 9.12. The predicted octanol–water partition coefficient (Wildman–Crippen LogP) is 10.6. The van der Waals surface area contributed by atoms with Crippen LogP contribution in [0.3, 0.4) is 0 Å². The molecule has 10 rings (SSSR count). The number of aryl methyl sites for hydroxylation is 3. The van der Waals surface area contributed by atoms with Crippen molar-refractivity contribution >= 4 is 96.1 Å². The van der Waals surface area contributed by atoms with Crippen LogP contribution in [0, 0.1) is 44.4 Å². The molecule has 6 heterocycles. The molecule has 4 aromatic carbocycles. The number of carbonyl (C=O) groups is 2. The number of benzene rings is 4. The smallest absolute Gasteiger partial charge is 0.410 e. The van der Waals surface area contributed by atoms with Gasteiger partial charge in [-0.25, -0.2) is 24.5 Å². The standard InChI is InChI=1S/C22H29N5O3.C21H25N5O.C19H27N5O3.C2HBr/c1-6-10-29-18-12-17-16(11-14(18)2)19(26-20(23)25-17)24-15-8-7-9-27(13-15)21(28)30-22(3,4)5;1-14-10-17-18(11-19(14)27-13-15-6-3-2-4-7-15)25-21(22)26-20(17)24-16-8-5-9-23-12-16;1-11-8-13-14(9-15(11)25)22-17(20)23-16(13)21-12-6-5-7-24(10-12)18(26)27-19(2,3)4;1-2-3/h1,11-12,15H,7-10,13H2,2-5H3,(H3,23,24,25,26);2-4,6-7,10-11,16,23H,5,8-9,12-13H2,1H3,(H3,22,24,25,26);8-9,12,25H,5-7,10H2,1-4H3,(H3,20,21,22,23);1H/t15-;16-;12-;/m111./s1. The number of nitrogens with one attached hydrogen (secondary N) is 4. The van der Waals surface area contributed by atoms with Crippen LogP contribution >= 0.6 is 15.9 Å². The molecule has 3 atom stereocenters. The second kappa shape index (κ2) is 30.0. The van der Waals surface area contributed by atoms with Crippen LogP contribution in [0.25, 0.3) is 32.7 Å². The highest BCUT2D eigenvalue weighted by atomic mass is 79.9. The monoisotopic (exact) mass is 1250 g/mol. The number of phenolic OH excluding ortho intramolecular Hbond substituents is 1. The molecule has 0 bridgehead atoms. The Bertz CT molecular complexity index is 3600. The molecular weight excluding hydrogens is 1170 g/mol. The van der Waals surface area contributed by atoms with E-state index in [1.807, 2.05) is 105 Å². The van der Waals surface area contributed by atoms with Gasteiger partial charge in [0.05, 0.1) is 16.6 Å². The van der Waals surface area contributed by atoms with Gasteiger partial charge in [-0.2, -0.15) is 15.0 Å². The number of fused-ring (bicyclic) bond motifs is 3. The maximum absolute atomic E-state index is 12.4. The summed E-state index contributed by atoms with van der Waals surface area (Å²) in [7, 11) is 0. The second-order valence-electron chi connectivity index (χ2n) is 23.6. The highest BCUT2D eigenvalue weighted by Gasteiger charge is 2.30. The second-order valence-corrected chi connectivity index (χ2v) is 24.1. The summed E-state index contributed by atoms with van der Waals surface area (Å²) in [5, 5.41) is 26.3. The average molecular weight is 1250 g/mol. The molecule has 0 radical (unpaired) electrons. The van der Waals surface area contributed by atoms with Crippen molar-refractivity contribution in [2.24, 2.45) is 0 Å². The van der Waals surface area contributed by atoms with Crippen LogP contribution in [-0.4, -0.2) is 132 Å². The average Bonchev–Trinajstić information content (AvgIpc) is 2.85. The summed E-state index contributed by atoms with van der Waals surface area (Å²) >= 11 is 2.67. The first kappa shape index (κ1) is 65.7. The molecule has 3 aliphatic heterocycles. The summed E-state index contributed by atoms with van der Waals surface area (Å²) in [4.78, 5) is 56.5. The van der Waals surface area contributed by atoms with Crippen LogP contribution in [0.15, 0.2) is 66.7 Å². The Balaban J connectivity index is 0.000000182. The molecule has 7 aromatic rings. The fraction of sp³-hybridized carbons (Fsp3) is 0.438. The fourth-order valence-electron chi connectivity index (χ4n) is 10.1. The molecule has 0 saturated carbocycles. The number of ether oxygens (including phenoxy) is 4. The molecule has 0 aliphatic carbocycles. The van der Waals surface area contributed by atoms with Gasteiger partial charge in [0.25, 0.3) is 0 Å². The lowest BCUT2D eigenvalue weighted by atomic mass is 10.1. The molecule has 22 nitrogen and oxygen atoms in total. The van der Waals surface area contributed by atoms with Crippen LogP contribution in [0.5, 0.6) is 17.2 Å². The van der Waals surface area contributed by atoms with Gasteiger partial charge in [-0.1, -0.05) is 36.3 Å². The summed E-state index contributed by atoms with van der Waals surface area (Å²) in [5.74, 6) is 6.72. The van der Waals surface area contributed by atoms with E-state index in [9.17, 15) is 14.7 Å². The van der Waals surface area contributed by atoms with Gasteiger partial charge >= 0.3 is 12.2 Å². The SMILES string of the molecule is C#CBr.C#CCOc1cc2nc(N)nc(N[C@@H]3CCCN(C(=O)OC(C)(C)C)C3)c2cc1C.Cc1cc2c(N[C@@H]3CCCN(C(=O)OC(C)(C)C)C3)nc(N)nc2cc1O.Cc1cc2c(N[C@@H]3CCCNC3)nc(N)nc2cc1OCc1ccccc1. The van der Waals surface area contributed by atoms with Crippen molar-refractivity contribution in [1.82, 2.24) is 45.0 Å². The Morgan fingerprint density at radius 3 is 1.51 bits per heavy atom. The fourth-order valence-corrected chi connectivity index (χ4v) is 10.1. The van der Waals surface area contributed by atoms with E-state index in [1.54, 1.807) is 15.9 Å². The van der Waals surface area contributed by atoms with E-state index >= 15 is 0 Å². The minimum absolute atomic E-state index is 0.0258. The van der Waals surface area contributed by atoms with Gasteiger partial charge in [-0.05, 0) is 153 Å². The van der Waals surface area contributed by atoms with Crippen LogP contribution in [0.4, 0.5) is 44.9 Å². The Morgan fingerprint density at radius 1 is 0.644 bits per heavy atom. The molecule has 3 saturated heterocycles. The Morgan fingerprint density at radius 2 is 1.07 bits per heavy atom. The summed E-state index contributed by atoms with van der Waals surface area (Å²) in [5.41, 5.74) is 22.6. The first-order valence-corrected chi connectivity index (χ1v) is 29.9. The maximum atomic E-state index is 12.4. The van der Waals surface area contributed by atoms with E-state index < -0.39 is 11.2 Å². The molecule has 462 valence electrons. The van der Waals surface area contributed by atoms with Crippen LogP contribution in [0.2, 0.25) is 0 Å². The van der Waals surface area contributed by atoms with Crippen molar-refractivity contribution in [3.63, 3.8) is 0 Å². The number of nitrogens with zero attached hydrogens (tertiary/aromatic N) is 8. The summed E-state index contributed by atoms with van der Waals surface area (Å²) in [6.45, 7) is 22.1. The van der Waals surface area contributed by atoms with E-state index in [1.165, 1.54) is 0 Å². The largest absolute Gasteiger partial charge is 0.508 e. The first-order chi connectivity index (χ1) is 41.4. The number of amides is 2. The number of aromatic hydroxyl groups is 1. The molecule has 11 N–H and O–H groups in total. The number of piperidine rings is 3. The normalized spacial score (nSPS) is 16.7. The zero-order valence-corrected chi connectivity index (χ0v) is 52.8. The summed E-state index contributed by atoms with van der Waals surface area (Å²) < 4.78 is 22.6. The number of carbonyl (C=O) groups excluding carboxylic acids is 2. The van der Waals surface area contributed by atoms with Crippen molar-refractivity contribution in [1.29, 1.82) is 0 Å². The summed E-state index contributed by atoms with van der Waals surface area (Å²) in [6.07, 6.45) is 15.0. The van der Waals surface area contributed by atoms with Gasteiger partial charge in [0.15, 0.2) is 0 Å². The molecular formula is C64H82BrN15O7. The predicted molar refractivity (Wildman–Crippen MR) is 349 cm³/mol. The lowest BCUT2D eigenvalue weighted by molar-refractivity contribution is 0.0196. The van der Waals surface area contributed by atoms with Crippen molar-refractivity contribution in [3.05, 3.63) is 89.0 Å². The van der Waals surface area contributed by atoms with Gasteiger partial charge in [0.1, 0.15) is 59.1 Å². The third kappa shape index (κ3) is 19.4. The minimum atomic E-state index is -0.522. The Labute approximate surface area is 518 Å². The number of likely N-dealkylation sites (tertiary alicyclic amines) is 2. The number of hydrogen-bond acceptors (Lipinski definition) is 20. The van der Waals surface area contributed by atoms with Crippen LogP contribution in [-0.2, 0) is 16.1 Å². The molecule has 23 heteroatoms. The number of hydrogen-bond donors (Lipinski definition) is 8. The van der Waals surface area contributed by atoms with Crippen LogP contribution in [0.1, 0.15) is 102 Å². The number of rotatable bonds is 11. The number of nitrogen functional groups attached to an aromatic ring is 3. The number of terminal acetylenes is 2. The Kier molecular flexibility index (Phi) is 22.7. The molecule has 2 amide bonds. The van der Waals surface area contributed by atoms with Crippen LogP contribution < -0.4 is 47.9 Å². The van der Waals surface area contributed by atoms with Crippen molar-refractivity contribution in [3.8, 4) is 40.8 Å². The zero-order valence-electron chi connectivity index (χ0n) is 51.2. The Hall–Kier alpha value is -8.80. The van der Waals surface area contributed by atoms with Gasteiger partial charge in [0, 0.05) is 101 Å². The molecule has 3 aromatic heterocycles. The number of aromatic nitrogens is 6. The number of anilines is 6. The first-order valence-electron chi connectivity index (χ1n) is 29.1. The van der Waals surface area contributed by atoms with Gasteiger partial charge in [0.2, 0.25) is 17.8 Å². The van der Waals surface area contributed by atoms with Crippen molar-refractivity contribution in [2.45, 2.75) is 137 Å². The topological polar surface area (TPSA) is 301 Å². The van der Waals surface area contributed by atoms with E-state index in [4.69, 9.17) is 42.6 Å². The molecule has 0 spiro atoms. The lowest BCUT2D eigenvalue weighted by Crippen LogP contribution is -2.47. The van der Waals surface area contributed by atoms with Gasteiger partial charge in [-0.3, -0.25) is 0 Å². The zero-order chi connectivity index (χ0) is 63.0. The number of nitrogens with two attached hydrogens (primary N) is 3. The summed E-state index contributed by atoms with van der Waals surface area (Å²) in [6, 6.07) is 21.8. The highest BCUT2D eigenvalue weighted by Crippen LogP contribution is 2.33. The van der Waals surface area contributed by atoms with Gasteiger partial charge < -0.3 is 72.3 Å². The molecule has 0 unspecified atom stereocenters. The quantitative estimate of drug-likeness (QED) is 0.0558. The minimum Gasteiger partial charge on any atom is -0.508 e. The van der Waals surface area contributed by atoms with E-state index in [-0.39, 0.29) is 54.5 Å². The third-order valence-corrected chi connectivity index (χ3v) is 14.1. The number of halogens is 1.